The van der Waals surface area contributed by atoms with Crippen LogP contribution in [0.25, 0.3) is 0 Å². The Labute approximate surface area is 368 Å². The van der Waals surface area contributed by atoms with Gasteiger partial charge in [-0.15, -0.1) is 0 Å². The standard InChI is InChI=1S/C50H99NO9/c1-3-5-7-9-11-13-15-17-18-19-20-21-22-23-24-25-26-27-29-31-33-35-37-39-44(54)49(58)51-42(41-59-50-48(57)47(56)46(55)45(40-52)60-50)43(53)38-36-34-32-30-28-16-14-12-10-8-6-4-2/h42-48,50,52-57H,3-41H2,1-2H3,(H,51,58). The van der Waals surface area contributed by atoms with E-state index in [1.807, 2.05) is 0 Å². The molecule has 0 aromatic rings. The fourth-order valence-electron chi connectivity index (χ4n) is 8.58. The molecule has 1 aliphatic heterocycles. The number of hydrogen-bond acceptors (Lipinski definition) is 9. The Kier molecular flexibility index (Phi) is 39.0. The first kappa shape index (κ1) is 57.2. The number of amides is 1. The van der Waals surface area contributed by atoms with Crippen LogP contribution in [0.5, 0.6) is 0 Å². The number of rotatable bonds is 44. The van der Waals surface area contributed by atoms with Crippen molar-refractivity contribution in [3.63, 3.8) is 0 Å². The van der Waals surface area contributed by atoms with Crippen molar-refractivity contribution in [2.75, 3.05) is 13.2 Å². The van der Waals surface area contributed by atoms with Crippen LogP contribution >= 0.6 is 0 Å². The molecule has 0 aromatic carbocycles. The lowest BCUT2D eigenvalue weighted by Gasteiger charge is -2.40. The Morgan fingerprint density at radius 1 is 0.500 bits per heavy atom. The molecule has 60 heavy (non-hydrogen) atoms. The van der Waals surface area contributed by atoms with Gasteiger partial charge in [-0.05, 0) is 12.8 Å². The van der Waals surface area contributed by atoms with Crippen molar-refractivity contribution in [2.45, 2.75) is 300 Å². The van der Waals surface area contributed by atoms with E-state index in [2.05, 4.69) is 19.2 Å². The Balaban J connectivity index is 2.25. The van der Waals surface area contributed by atoms with Gasteiger partial charge in [0.05, 0.1) is 25.4 Å². The predicted molar refractivity (Wildman–Crippen MR) is 246 cm³/mol. The highest BCUT2D eigenvalue weighted by atomic mass is 16.7. The molecule has 7 N–H and O–H groups in total. The highest BCUT2D eigenvalue weighted by molar-refractivity contribution is 5.80. The van der Waals surface area contributed by atoms with E-state index >= 15 is 0 Å². The number of aliphatic hydroxyl groups excluding tert-OH is 6. The molecule has 10 heteroatoms. The molecular weight excluding hydrogens is 759 g/mol. The Hall–Kier alpha value is -0.850. The number of carbonyl (C=O) groups is 1. The summed E-state index contributed by atoms with van der Waals surface area (Å²) in [5, 5.41) is 64.9. The molecule has 1 rings (SSSR count). The van der Waals surface area contributed by atoms with Gasteiger partial charge in [-0.1, -0.05) is 239 Å². The zero-order valence-corrected chi connectivity index (χ0v) is 39.1. The number of unbranched alkanes of at least 4 members (excludes halogenated alkanes) is 33. The predicted octanol–water partition coefficient (Wildman–Crippen LogP) is 10.5. The van der Waals surface area contributed by atoms with Gasteiger partial charge in [0.15, 0.2) is 6.29 Å². The van der Waals surface area contributed by atoms with Crippen molar-refractivity contribution in [1.29, 1.82) is 0 Å². The molecule has 0 saturated carbocycles. The summed E-state index contributed by atoms with van der Waals surface area (Å²) >= 11 is 0. The topological polar surface area (TPSA) is 169 Å². The lowest BCUT2D eigenvalue weighted by atomic mass is 9.99. The maximum absolute atomic E-state index is 13.1. The van der Waals surface area contributed by atoms with Gasteiger partial charge in [-0.2, -0.15) is 0 Å². The minimum atomic E-state index is -1.59. The Morgan fingerprint density at radius 2 is 0.833 bits per heavy atom. The number of ether oxygens (including phenoxy) is 2. The summed E-state index contributed by atoms with van der Waals surface area (Å²) in [7, 11) is 0. The fourth-order valence-corrected chi connectivity index (χ4v) is 8.58. The van der Waals surface area contributed by atoms with E-state index in [0.29, 0.717) is 12.8 Å². The van der Waals surface area contributed by atoms with Gasteiger partial charge in [0.2, 0.25) is 5.91 Å². The van der Waals surface area contributed by atoms with Crippen LogP contribution in [0.2, 0.25) is 0 Å². The van der Waals surface area contributed by atoms with Crippen molar-refractivity contribution in [2.24, 2.45) is 0 Å². The highest BCUT2D eigenvalue weighted by Gasteiger charge is 2.44. The highest BCUT2D eigenvalue weighted by Crippen LogP contribution is 2.23. The summed E-state index contributed by atoms with van der Waals surface area (Å²) in [4.78, 5) is 13.1. The molecule has 0 bridgehead atoms. The van der Waals surface area contributed by atoms with Crippen LogP contribution in [0, 0.1) is 0 Å². The van der Waals surface area contributed by atoms with E-state index in [1.165, 1.54) is 180 Å². The molecule has 1 fully saturated rings. The summed E-state index contributed by atoms with van der Waals surface area (Å²) in [5.41, 5.74) is 0. The Morgan fingerprint density at radius 3 is 1.18 bits per heavy atom. The second kappa shape index (κ2) is 40.9. The minimum Gasteiger partial charge on any atom is -0.394 e. The summed E-state index contributed by atoms with van der Waals surface area (Å²) in [6, 6.07) is -0.887. The molecule has 1 heterocycles. The third-order valence-electron chi connectivity index (χ3n) is 12.8. The first-order valence-electron chi connectivity index (χ1n) is 25.8. The normalized spacial score (nSPS) is 21.0. The zero-order chi connectivity index (χ0) is 43.9. The largest absolute Gasteiger partial charge is 0.394 e. The SMILES string of the molecule is CCCCCCCCCCCCCCCCCCCCCCCCCC(O)C(=O)NC(COC1OC(CO)C(O)C(O)C1O)C(O)CCCCCCCCCCCCCC. The van der Waals surface area contributed by atoms with Gasteiger partial charge < -0.3 is 45.4 Å². The fraction of sp³-hybridized carbons (Fsp3) is 0.980. The third kappa shape index (κ3) is 30.3. The van der Waals surface area contributed by atoms with Crippen molar-refractivity contribution in [3.05, 3.63) is 0 Å². The molecule has 0 radical (unpaired) electrons. The molecule has 0 aromatic heterocycles. The summed E-state index contributed by atoms with van der Waals surface area (Å²) in [6.07, 6.45) is 35.9. The van der Waals surface area contributed by atoms with Crippen molar-refractivity contribution >= 4 is 5.91 Å². The van der Waals surface area contributed by atoms with Crippen LogP contribution in [0.15, 0.2) is 0 Å². The van der Waals surface area contributed by atoms with Crippen molar-refractivity contribution in [1.82, 2.24) is 5.32 Å². The van der Waals surface area contributed by atoms with Crippen LogP contribution in [0.3, 0.4) is 0 Å². The maximum Gasteiger partial charge on any atom is 0.249 e. The van der Waals surface area contributed by atoms with Crippen LogP contribution in [-0.2, 0) is 14.3 Å². The van der Waals surface area contributed by atoms with E-state index in [9.17, 15) is 35.4 Å². The molecular formula is C50H99NO9. The number of hydrogen-bond donors (Lipinski definition) is 7. The van der Waals surface area contributed by atoms with E-state index in [-0.39, 0.29) is 6.61 Å². The maximum atomic E-state index is 13.1. The summed E-state index contributed by atoms with van der Waals surface area (Å²) in [5.74, 6) is -0.579. The molecule has 8 unspecified atom stereocenters. The minimum absolute atomic E-state index is 0.250. The van der Waals surface area contributed by atoms with Crippen LogP contribution in [0.1, 0.15) is 251 Å². The van der Waals surface area contributed by atoms with Gasteiger partial charge >= 0.3 is 0 Å². The van der Waals surface area contributed by atoms with Gasteiger partial charge in [0, 0.05) is 0 Å². The average Bonchev–Trinajstić information content (AvgIpc) is 3.25. The quantitative estimate of drug-likeness (QED) is 0.0295. The van der Waals surface area contributed by atoms with Crippen LogP contribution in [0.4, 0.5) is 0 Å². The van der Waals surface area contributed by atoms with Gasteiger partial charge in [0.1, 0.15) is 30.5 Å². The van der Waals surface area contributed by atoms with E-state index in [1.54, 1.807) is 0 Å². The molecule has 1 aliphatic rings. The van der Waals surface area contributed by atoms with Crippen LogP contribution < -0.4 is 5.32 Å². The molecule has 0 spiro atoms. The second-order valence-electron chi connectivity index (χ2n) is 18.5. The van der Waals surface area contributed by atoms with E-state index < -0.39 is 61.5 Å². The molecule has 1 saturated heterocycles. The lowest BCUT2D eigenvalue weighted by molar-refractivity contribution is -0.302. The second-order valence-corrected chi connectivity index (χ2v) is 18.5. The molecule has 0 aliphatic carbocycles. The van der Waals surface area contributed by atoms with Gasteiger partial charge in [0.25, 0.3) is 0 Å². The van der Waals surface area contributed by atoms with E-state index in [4.69, 9.17) is 9.47 Å². The first-order valence-corrected chi connectivity index (χ1v) is 25.8. The summed E-state index contributed by atoms with van der Waals surface area (Å²) < 4.78 is 11.2. The lowest BCUT2D eigenvalue weighted by Crippen LogP contribution is -2.60. The van der Waals surface area contributed by atoms with Crippen molar-refractivity contribution < 1.29 is 44.9 Å². The van der Waals surface area contributed by atoms with Crippen LogP contribution in [-0.4, -0.2) is 98.7 Å². The molecule has 1 amide bonds. The zero-order valence-electron chi connectivity index (χ0n) is 39.1. The van der Waals surface area contributed by atoms with Gasteiger partial charge in [-0.3, -0.25) is 4.79 Å². The van der Waals surface area contributed by atoms with Crippen molar-refractivity contribution in [3.8, 4) is 0 Å². The van der Waals surface area contributed by atoms with E-state index in [0.717, 1.165) is 44.9 Å². The number of carbonyl (C=O) groups excluding carboxylic acids is 1. The monoisotopic (exact) mass is 858 g/mol. The first-order chi connectivity index (χ1) is 29.3. The number of aliphatic hydroxyl groups is 6. The molecule has 10 nitrogen and oxygen atoms in total. The molecule has 8 atom stereocenters. The average molecular weight is 858 g/mol. The Bertz CT molecular complexity index is 926. The summed E-state index contributed by atoms with van der Waals surface area (Å²) in [6.45, 7) is 3.69. The molecule has 358 valence electrons. The number of nitrogens with one attached hydrogen (secondary N) is 1. The third-order valence-corrected chi connectivity index (χ3v) is 12.8. The smallest absolute Gasteiger partial charge is 0.249 e. The van der Waals surface area contributed by atoms with Gasteiger partial charge in [-0.25, -0.2) is 0 Å².